The second-order valence-corrected chi connectivity index (χ2v) is 3.69. The average molecular weight is 223 g/mol. The molecule has 0 aliphatic heterocycles. The van der Waals surface area contributed by atoms with Gasteiger partial charge in [0.25, 0.3) is 0 Å². The van der Waals surface area contributed by atoms with E-state index < -0.39 is 12.0 Å². The van der Waals surface area contributed by atoms with Crippen LogP contribution >= 0.6 is 0 Å². The number of phenols is 1. The Balaban J connectivity index is 2.55. The molecule has 1 aromatic carbocycles. The summed E-state index contributed by atoms with van der Waals surface area (Å²) in [5, 5.41) is 21.3. The van der Waals surface area contributed by atoms with E-state index in [9.17, 15) is 9.90 Å². The molecule has 0 aliphatic carbocycles. The van der Waals surface area contributed by atoms with Crippen LogP contribution in [0.4, 0.5) is 0 Å². The molecule has 0 aliphatic rings. The first-order valence-corrected chi connectivity index (χ1v) is 5.38. The summed E-state index contributed by atoms with van der Waals surface area (Å²) in [5.41, 5.74) is 0.713. The van der Waals surface area contributed by atoms with Crippen molar-refractivity contribution in [2.24, 2.45) is 0 Å². The average Bonchev–Trinajstić information content (AvgIpc) is 2.26. The zero-order chi connectivity index (χ0) is 12.0. The standard InChI is InChI=1S/C12H17NO3/c1-2-5-10(12(15)16)13-8-9-6-3-4-7-11(9)14/h3-4,6-7,10,13-14H,2,5,8H2,1H3,(H,15,16). The molecule has 0 radical (unpaired) electrons. The van der Waals surface area contributed by atoms with E-state index in [1.165, 1.54) is 0 Å². The lowest BCUT2D eigenvalue weighted by Crippen LogP contribution is -2.35. The number of carboxylic acid groups (broad SMARTS) is 1. The van der Waals surface area contributed by atoms with E-state index in [0.29, 0.717) is 18.5 Å². The third kappa shape index (κ3) is 3.55. The summed E-state index contributed by atoms with van der Waals surface area (Å²) in [6.45, 7) is 2.31. The van der Waals surface area contributed by atoms with Gasteiger partial charge in [-0.2, -0.15) is 0 Å². The lowest BCUT2D eigenvalue weighted by atomic mass is 10.1. The molecule has 16 heavy (non-hydrogen) atoms. The van der Waals surface area contributed by atoms with Crippen LogP contribution in [0.15, 0.2) is 24.3 Å². The summed E-state index contributed by atoms with van der Waals surface area (Å²) >= 11 is 0. The summed E-state index contributed by atoms with van der Waals surface area (Å²) in [6.07, 6.45) is 1.40. The van der Waals surface area contributed by atoms with Gasteiger partial charge in [0.1, 0.15) is 11.8 Å². The quantitative estimate of drug-likeness (QED) is 0.687. The highest BCUT2D eigenvalue weighted by Crippen LogP contribution is 2.15. The number of aliphatic carboxylic acids is 1. The van der Waals surface area contributed by atoms with Crippen molar-refractivity contribution >= 4 is 5.97 Å². The highest BCUT2D eigenvalue weighted by molar-refractivity contribution is 5.73. The number of carbonyl (C=O) groups is 1. The van der Waals surface area contributed by atoms with Gasteiger partial charge < -0.3 is 15.5 Å². The molecule has 0 saturated heterocycles. The van der Waals surface area contributed by atoms with Gasteiger partial charge in [-0.3, -0.25) is 4.79 Å². The maximum atomic E-state index is 10.9. The zero-order valence-corrected chi connectivity index (χ0v) is 9.31. The molecule has 0 fully saturated rings. The molecule has 0 bridgehead atoms. The van der Waals surface area contributed by atoms with Crippen molar-refractivity contribution in [1.29, 1.82) is 0 Å². The number of carboxylic acids is 1. The molecule has 0 amide bonds. The van der Waals surface area contributed by atoms with Crippen LogP contribution < -0.4 is 5.32 Å². The number of hydrogen-bond acceptors (Lipinski definition) is 3. The van der Waals surface area contributed by atoms with Crippen LogP contribution in [0.3, 0.4) is 0 Å². The van der Waals surface area contributed by atoms with Crippen LogP contribution in [0.1, 0.15) is 25.3 Å². The Morgan fingerprint density at radius 1 is 1.44 bits per heavy atom. The van der Waals surface area contributed by atoms with Crippen molar-refractivity contribution in [3.63, 3.8) is 0 Å². The van der Waals surface area contributed by atoms with Gasteiger partial charge in [0.2, 0.25) is 0 Å². The number of rotatable bonds is 6. The minimum atomic E-state index is -0.850. The summed E-state index contributed by atoms with van der Waals surface area (Å²) in [6, 6.07) is 6.36. The lowest BCUT2D eigenvalue weighted by molar-refractivity contribution is -0.139. The first-order valence-electron chi connectivity index (χ1n) is 5.38. The van der Waals surface area contributed by atoms with Crippen molar-refractivity contribution in [3.8, 4) is 5.75 Å². The second kappa shape index (κ2) is 6.12. The van der Waals surface area contributed by atoms with Crippen LogP contribution in [0.5, 0.6) is 5.75 Å². The van der Waals surface area contributed by atoms with Crippen molar-refractivity contribution in [2.45, 2.75) is 32.4 Å². The third-order valence-corrected chi connectivity index (χ3v) is 2.41. The van der Waals surface area contributed by atoms with Gasteiger partial charge in [0.05, 0.1) is 0 Å². The molecule has 1 aromatic rings. The monoisotopic (exact) mass is 223 g/mol. The number of benzene rings is 1. The Kier molecular flexibility index (Phi) is 4.79. The highest BCUT2D eigenvalue weighted by atomic mass is 16.4. The molecule has 0 heterocycles. The van der Waals surface area contributed by atoms with E-state index in [-0.39, 0.29) is 5.75 Å². The molecule has 0 saturated carbocycles. The molecule has 0 aromatic heterocycles. The Bertz CT molecular complexity index is 352. The first-order chi connectivity index (χ1) is 7.65. The van der Waals surface area contributed by atoms with Gasteiger partial charge >= 0.3 is 5.97 Å². The van der Waals surface area contributed by atoms with Gasteiger partial charge in [-0.05, 0) is 12.5 Å². The zero-order valence-electron chi connectivity index (χ0n) is 9.31. The molecule has 3 N–H and O–H groups in total. The molecule has 4 heteroatoms. The molecule has 1 atom stereocenters. The minimum absolute atomic E-state index is 0.190. The molecule has 1 rings (SSSR count). The van der Waals surface area contributed by atoms with E-state index in [1.807, 2.05) is 13.0 Å². The first kappa shape index (κ1) is 12.5. The summed E-state index contributed by atoms with van der Waals surface area (Å²) in [4.78, 5) is 10.9. The van der Waals surface area contributed by atoms with Gasteiger partial charge in [-0.1, -0.05) is 31.5 Å². The van der Waals surface area contributed by atoms with Gasteiger partial charge in [-0.25, -0.2) is 0 Å². The normalized spacial score (nSPS) is 12.3. The van der Waals surface area contributed by atoms with Crippen LogP contribution in [-0.4, -0.2) is 22.2 Å². The van der Waals surface area contributed by atoms with E-state index >= 15 is 0 Å². The smallest absolute Gasteiger partial charge is 0.320 e. The van der Waals surface area contributed by atoms with Gasteiger partial charge in [0.15, 0.2) is 0 Å². The Morgan fingerprint density at radius 3 is 2.69 bits per heavy atom. The van der Waals surface area contributed by atoms with Crippen molar-refractivity contribution in [1.82, 2.24) is 5.32 Å². The molecular weight excluding hydrogens is 206 g/mol. The van der Waals surface area contributed by atoms with E-state index in [4.69, 9.17) is 5.11 Å². The molecule has 0 spiro atoms. The lowest BCUT2D eigenvalue weighted by Gasteiger charge is -2.13. The van der Waals surface area contributed by atoms with Gasteiger partial charge in [-0.15, -0.1) is 0 Å². The summed E-state index contributed by atoms with van der Waals surface area (Å²) < 4.78 is 0. The molecular formula is C12H17NO3. The van der Waals surface area contributed by atoms with Crippen molar-refractivity contribution in [2.75, 3.05) is 0 Å². The maximum Gasteiger partial charge on any atom is 0.320 e. The summed E-state index contributed by atoms with van der Waals surface area (Å²) in [5.74, 6) is -0.659. The Labute approximate surface area is 94.9 Å². The summed E-state index contributed by atoms with van der Waals surface area (Å²) in [7, 11) is 0. The van der Waals surface area contributed by atoms with Crippen LogP contribution in [0.25, 0.3) is 0 Å². The molecule has 1 unspecified atom stereocenters. The molecule has 4 nitrogen and oxygen atoms in total. The van der Waals surface area contributed by atoms with Crippen LogP contribution in [0, 0.1) is 0 Å². The van der Waals surface area contributed by atoms with Crippen LogP contribution in [-0.2, 0) is 11.3 Å². The predicted molar refractivity (Wildman–Crippen MR) is 61.3 cm³/mol. The second-order valence-electron chi connectivity index (χ2n) is 3.69. The van der Waals surface area contributed by atoms with Crippen LogP contribution in [0.2, 0.25) is 0 Å². The maximum absolute atomic E-state index is 10.9. The number of hydrogen-bond donors (Lipinski definition) is 3. The fourth-order valence-corrected chi connectivity index (χ4v) is 1.49. The topological polar surface area (TPSA) is 69.6 Å². The number of para-hydroxylation sites is 1. The largest absolute Gasteiger partial charge is 0.508 e. The SMILES string of the molecule is CCCC(NCc1ccccc1O)C(=O)O. The Morgan fingerprint density at radius 2 is 2.12 bits per heavy atom. The number of phenolic OH excluding ortho intramolecular Hbond substituents is 1. The fourth-order valence-electron chi connectivity index (χ4n) is 1.49. The number of nitrogens with one attached hydrogen (secondary N) is 1. The predicted octanol–water partition coefficient (Wildman–Crippen LogP) is 1.74. The van der Waals surface area contributed by atoms with Crippen molar-refractivity contribution in [3.05, 3.63) is 29.8 Å². The minimum Gasteiger partial charge on any atom is -0.508 e. The fraction of sp³-hybridized carbons (Fsp3) is 0.417. The van der Waals surface area contributed by atoms with E-state index in [2.05, 4.69) is 5.32 Å². The number of aromatic hydroxyl groups is 1. The van der Waals surface area contributed by atoms with E-state index in [0.717, 1.165) is 6.42 Å². The molecule has 88 valence electrons. The van der Waals surface area contributed by atoms with E-state index in [1.54, 1.807) is 18.2 Å². The third-order valence-electron chi connectivity index (χ3n) is 2.41. The van der Waals surface area contributed by atoms with Crippen molar-refractivity contribution < 1.29 is 15.0 Å². The highest BCUT2D eigenvalue weighted by Gasteiger charge is 2.15. The Hall–Kier alpha value is -1.55. The van der Waals surface area contributed by atoms with Gasteiger partial charge in [0, 0.05) is 12.1 Å².